The lowest BCUT2D eigenvalue weighted by atomic mass is 10.2. The van der Waals surface area contributed by atoms with Crippen LogP contribution in [0.3, 0.4) is 0 Å². The van der Waals surface area contributed by atoms with Crippen molar-refractivity contribution in [2.24, 2.45) is 0 Å². The molecule has 2 aromatic rings. The number of carbonyl (C=O) groups is 1. The molecular weight excluding hydrogens is 331 g/mol. The van der Waals surface area contributed by atoms with Crippen LogP contribution in [0.2, 0.25) is 0 Å². The molecule has 19 heavy (non-hydrogen) atoms. The summed E-state index contributed by atoms with van der Waals surface area (Å²) in [5.74, 6) is -1.02. The fourth-order valence-electron chi connectivity index (χ4n) is 2.12. The number of rotatable bonds is 2. The summed E-state index contributed by atoms with van der Waals surface area (Å²) in [6.45, 7) is 0. The Bertz CT molecular complexity index is 614. The molecule has 1 N–H and O–H groups in total. The lowest BCUT2D eigenvalue weighted by molar-refractivity contribution is 0.102. The number of aryl methyl sites for hydroxylation is 2. The van der Waals surface area contributed by atoms with E-state index in [4.69, 9.17) is 0 Å². The van der Waals surface area contributed by atoms with Gasteiger partial charge in [0, 0.05) is 9.35 Å². The van der Waals surface area contributed by atoms with Gasteiger partial charge in [-0.3, -0.25) is 10.1 Å². The molecule has 1 aromatic heterocycles. The number of thiazole rings is 1. The molecule has 1 aromatic carbocycles. The van der Waals surface area contributed by atoms with Crippen molar-refractivity contribution in [3.05, 3.63) is 44.6 Å². The van der Waals surface area contributed by atoms with Crippen LogP contribution in [0.4, 0.5) is 9.52 Å². The van der Waals surface area contributed by atoms with E-state index in [2.05, 4.69) is 26.2 Å². The largest absolute Gasteiger partial charge is 0.298 e. The first kappa shape index (κ1) is 12.7. The third kappa shape index (κ3) is 2.42. The predicted molar refractivity (Wildman–Crippen MR) is 76.2 cm³/mol. The molecule has 0 unspecified atom stereocenters. The van der Waals surface area contributed by atoms with E-state index >= 15 is 0 Å². The Labute approximate surface area is 122 Å². The SMILES string of the molecule is O=C(Nc1nc2c(s1)CCC2)c1c(F)cccc1Br. The fourth-order valence-corrected chi connectivity index (χ4v) is 3.69. The van der Waals surface area contributed by atoms with Gasteiger partial charge in [0.1, 0.15) is 5.82 Å². The summed E-state index contributed by atoms with van der Waals surface area (Å²) in [6, 6.07) is 4.45. The quantitative estimate of drug-likeness (QED) is 0.903. The van der Waals surface area contributed by atoms with Gasteiger partial charge in [-0.25, -0.2) is 9.37 Å². The molecule has 1 aliphatic rings. The average Bonchev–Trinajstić information content (AvgIpc) is 2.89. The number of hydrogen-bond donors (Lipinski definition) is 1. The Morgan fingerprint density at radius 3 is 3.00 bits per heavy atom. The Hall–Kier alpha value is -1.27. The van der Waals surface area contributed by atoms with Crippen molar-refractivity contribution in [1.29, 1.82) is 0 Å². The second kappa shape index (κ2) is 5.02. The molecule has 1 amide bonds. The van der Waals surface area contributed by atoms with Crippen LogP contribution in [0.5, 0.6) is 0 Å². The molecule has 6 heteroatoms. The van der Waals surface area contributed by atoms with Crippen LogP contribution in [-0.2, 0) is 12.8 Å². The van der Waals surface area contributed by atoms with E-state index in [0.717, 1.165) is 25.0 Å². The van der Waals surface area contributed by atoms with Gasteiger partial charge in [0.2, 0.25) is 0 Å². The van der Waals surface area contributed by atoms with E-state index in [-0.39, 0.29) is 5.56 Å². The van der Waals surface area contributed by atoms with Crippen molar-refractivity contribution >= 4 is 38.3 Å². The zero-order chi connectivity index (χ0) is 13.4. The number of halogens is 2. The number of anilines is 1. The van der Waals surface area contributed by atoms with Gasteiger partial charge in [0.25, 0.3) is 5.91 Å². The van der Waals surface area contributed by atoms with Crippen LogP contribution >= 0.6 is 27.3 Å². The van der Waals surface area contributed by atoms with Gasteiger partial charge in [-0.1, -0.05) is 6.07 Å². The maximum Gasteiger partial charge on any atom is 0.261 e. The highest BCUT2D eigenvalue weighted by Crippen LogP contribution is 2.31. The number of aromatic nitrogens is 1. The van der Waals surface area contributed by atoms with E-state index in [1.54, 1.807) is 12.1 Å². The Balaban J connectivity index is 1.84. The zero-order valence-corrected chi connectivity index (χ0v) is 12.3. The van der Waals surface area contributed by atoms with Crippen LogP contribution in [0.15, 0.2) is 22.7 Å². The van der Waals surface area contributed by atoms with Crippen LogP contribution in [0, 0.1) is 5.82 Å². The predicted octanol–water partition coefficient (Wildman–Crippen LogP) is 3.79. The summed E-state index contributed by atoms with van der Waals surface area (Å²) in [7, 11) is 0. The van der Waals surface area contributed by atoms with E-state index < -0.39 is 11.7 Å². The molecule has 0 spiro atoms. The summed E-state index contributed by atoms with van der Waals surface area (Å²) in [5, 5.41) is 3.21. The molecule has 0 radical (unpaired) electrons. The van der Waals surface area contributed by atoms with Gasteiger partial charge in [0.05, 0.1) is 11.3 Å². The molecule has 0 aliphatic heterocycles. The normalized spacial score (nSPS) is 13.4. The fraction of sp³-hybridized carbons (Fsp3) is 0.231. The first-order chi connectivity index (χ1) is 9.15. The molecule has 0 saturated carbocycles. The zero-order valence-electron chi connectivity index (χ0n) is 9.87. The van der Waals surface area contributed by atoms with Crippen LogP contribution in [-0.4, -0.2) is 10.9 Å². The maximum absolute atomic E-state index is 13.7. The number of fused-ring (bicyclic) bond motifs is 1. The summed E-state index contributed by atoms with van der Waals surface area (Å²) in [5.41, 5.74) is 1.07. The van der Waals surface area contributed by atoms with Gasteiger partial charge in [-0.2, -0.15) is 0 Å². The molecule has 98 valence electrons. The van der Waals surface area contributed by atoms with E-state index in [1.807, 2.05) is 0 Å². The molecular formula is C13H10BrFN2OS. The molecule has 0 fully saturated rings. The number of carbonyl (C=O) groups excluding carboxylic acids is 1. The Morgan fingerprint density at radius 2 is 2.26 bits per heavy atom. The standard InChI is InChI=1S/C13H10BrFN2OS/c14-7-3-1-4-8(15)11(7)12(18)17-13-16-9-5-2-6-10(9)19-13/h1,3-4H,2,5-6H2,(H,16,17,18). The first-order valence-electron chi connectivity index (χ1n) is 5.89. The van der Waals surface area contributed by atoms with Gasteiger partial charge in [-0.15, -0.1) is 11.3 Å². The Kier molecular flexibility index (Phi) is 3.36. The summed E-state index contributed by atoms with van der Waals surface area (Å²) in [6.07, 6.45) is 3.11. The summed E-state index contributed by atoms with van der Waals surface area (Å²) in [4.78, 5) is 17.7. The Morgan fingerprint density at radius 1 is 1.42 bits per heavy atom. The number of hydrogen-bond acceptors (Lipinski definition) is 3. The van der Waals surface area contributed by atoms with Crippen molar-refractivity contribution < 1.29 is 9.18 Å². The second-order valence-electron chi connectivity index (χ2n) is 4.29. The van der Waals surface area contributed by atoms with E-state index in [0.29, 0.717) is 9.60 Å². The third-order valence-corrected chi connectivity index (χ3v) is 4.74. The molecule has 1 aliphatic carbocycles. The monoisotopic (exact) mass is 340 g/mol. The first-order valence-corrected chi connectivity index (χ1v) is 7.50. The van der Waals surface area contributed by atoms with E-state index in [1.165, 1.54) is 22.3 Å². The number of benzene rings is 1. The highest BCUT2D eigenvalue weighted by molar-refractivity contribution is 9.10. The molecule has 1 heterocycles. The summed E-state index contributed by atoms with van der Waals surface area (Å²) < 4.78 is 14.1. The minimum atomic E-state index is -0.545. The molecule has 0 bridgehead atoms. The van der Waals surface area contributed by atoms with Crippen LogP contribution < -0.4 is 5.32 Å². The molecule has 0 atom stereocenters. The number of nitrogens with zero attached hydrogens (tertiary/aromatic N) is 1. The number of nitrogens with one attached hydrogen (secondary N) is 1. The van der Waals surface area contributed by atoms with Crippen molar-refractivity contribution in [3.8, 4) is 0 Å². The average molecular weight is 341 g/mol. The summed E-state index contributed by atoms with van der Waals surface area (Å²) >= 11 is 4.66. The van der Waals surface area contributed by atoms with Crippen molar-refractivity contribution in [2.75, 3.05) is 5.32 Å². The van der Waals surface area contributed by atoms with E-state index in [9.17, 15) is 9.18 Å². The minimum absolute atomic E-state index is 0.0119. The highest BCUT2D eigenvalue weighted by atomic mass is 79.9. The van der Waals surface area contributed by atoms with Gasteiger partial charge in [-0.05, 0) is 47.3 Å². The highest BCUT2D eigenvalue weighted by Gasteiger charge is 2.20. The molecule has 3 rings (SSSR count). The van der Waals surface area contributed by atoms with Gasteiger partial charge < -0.3 is 0 Å². The van der Waals surface area contributed by atoms with Crippen LogP contribution in [0.1, 0.15) is 27.3 Å². The maximum atomic E-state index is 13.7. The topological polar surface area (TPSA) is 42.0 Å². The smallest absolute Gasteiger partial charge is 0.261 e. The van der Waals surface area contributed by atoms with Crippen molar-refractivity contribution in [3.63, 3.8) is 0 Å². The minimum Gasteiger partial charge on any atom is -0.298 e. The lowest BCUT2D eigenvalue weighted by Crippen LogP contribution is -2.14. The lowest BCUT2D eigenvalue weighted by Gasteiger charge is -2.05. The van der Waals surface area contributed by atoms with Crippen molar-refractivity contribution in [2.45, 2.75) is 19.3 Å². The second-order valence-corrected chi connectivity index (χ2v) is 6.23. The molecule has 3 nitrogen and oxygen atoms in total. The molecule has 0 saturated heterocycles. The van der Waals surface area contributed by atoms with Gasteiger partial charge >= 0.3 is 0 Å². The van der Waals surface area contributed by atoms with Gasteiger partial charge in [0.15, 0.2) is 5.13 Å². The number of amides is 1. The van der Waals surface area contributed by atoms with Crippen molar-refractivity contribution in [1.82, 2.24) is 4.98 Å². The third-order valence-electron chi connectivity index (χ3n) is 3.01. The van der Waals surface area contributed by atoms with Crippen LogP contribution in [0.25, 0.3) is 0 Å².